The molecule has 0 spiro atoms. The summed E-state index contributed by atoms with van der Waals surface area (Å²) in [6.45, 7) is 8.33. The Hall–Kier alpha value is -2.60. The summed E-state index contributed by atoms with van der Waals surface area (Å²) in [6.07, 6.45) is 8.83. The van der Waals surface area contributed by atoms with Crippen LogP contribution < -0.4 is 4.74 Å². The van der Waals surface area contributed by atoms with Crippen molar-refractivity contribution in [2.75, 3.05) is 19.7 Å². The lowest BCUT2D eigenvalue weighted by Crippen LogP contribution is -2.51. The molecule has 2 N–H and O–H groups in total. The second-order valence-electron chi connectivity index (χ2n) is 13.7. The van der Waals surface area contributed by atoms with Crippen molar-refractivity contribution in [3.63, 3.8) is 0 Å². The molecule has 1 amide bonds. The Morgan fingerprint density at radius 2 is 1.77 bits per heavy atom. The molecule has 2 aromatic carbocycles. The predicted molar refractivity (Wildman–Crippen MR) is 169 cm³/mol. The number of aliphatic hydroxyl groups is 1. The lowest BCUT2D eigenvalue weighted by molar-refractivity contribution is -0.0722. The van der Waals surface area contributed by atoms with Crippen LogP contribution in [-0.2, 0) is 6.42 Å². The molecule has 0 bridgehead atoms. The number of phenols is 1. The maximum atomic E-state index is 16.1. The zero-order chi connectivity index (χ0) is 30.6. The number of halogens is 1. The second-order valence-corrected chi connectivity index (χ2v) is 13.7. The fourth-order valence-electron chi connectivity index (χ4n) is 8.83. The normalized spacial score (nSPS) is 29.4. The zero-order valence-corrected chi connectivity index (χ0v) is 26.4. The number of hydrogen-bond acceptors (Lipinski definition) is 4. The first kappa shape index (κ1) is 31.8. The number of fused-ring (bicyclic) bond motifs is 5. The van der Waals surface area contributed by atoms with Gasteiger partial charge in [-0.05, 0) is 123 Å². The highest BCUT2D eigenvalue weighted by Crippen LogP contribution is 2.63. The van der Waals surface area contributed by atoms with E-state index in [2.05, 4.69) is 13.8 Å². The summed E-state index contributed by atoms with van der Waals surface area (Å²) in [4.78, 5) is 15.6. The molecule has 0 aromatic heterocycles. The van der Waals surface area contributed by atoms with E-state index in [-0.39, 0.29) is 28.9 Å². The van der Waals surface area contributed by atoms with Crippen molar-refractivity contribution >= 4 is 5.91 Å². The van der Waals surface area contributed by atoms with Crippen LogP contribution in [0.5, 0.6) is 11.5 Å². The number of amides is 1. The summed E-state index contributed by atoms with van der Waals surface area (Å²) in [5.74, 6) is 1.72. The molecule has 236 valence electrons. The predicted octanol–water partition coefficient (Wildman–Crippen LogP) is 8.08. The van der Waals surface area contributed by atoms with E-state index >= 15 is 4.39 Å². The van der Waals surface area contributed by atoms with E-state index in [0.717, 1.165) is 81.2 Å². The third kappa shape index (κ3) is 6.74. The van der Waals surface area contributed by atoms with Crippen LogP contribution in [0.2, 0.25) is 0 Å². The fraction of sp³-hybridized carbons (Fsp3) is 0.649. The summed E-state index contributed by atoms with van der Waals surface area (Å²) >= 11 is 0. The topological polar surface area (TPSA) is 70.0 Å². The molecule has 0 radical (unpaired) electrons. The Kier molecular flexibility index (Phi) is 10.4. The van der Waals surface area contributed by atoms with Crippen LogP contribution >= 0.6 is 0 Å². The molecule has 2 aromatic rings. The van der Waals surface area contributed by atoms with Crippen molar-refractivity contribution < 1.29 is 24.1 Å². The van der Waals surface area contributed by atoms with E-state index in [1.807, 2.05) is 48.2 Å². The maximum Gasteiger partial charge on any atom is 0.253 e. The number of aliphatic hydroxyl groups excluding tert-OH is 1. The number of phenolic OH excluding ortho intramolecular Hbond substituents is 1. The maximum absolute atomic E-state index is 16.1. The van der Waals surface area contributed by atoms with Gasteiger partial charge in [-0.2, -0.15) is 0 Å². The van der Waals surface area contributed by atoms with Gasteiger partial charge in [-0.3, -0.25) is 4.79 Å². The Morgan fingerprint density at radius 3 is 2.49 bits per heavy atom. The van der Waals surface area contributed by atoms with Crippen LogP contribution in [-0.4, -0.2) is 53.0 Å². The number of benzene rings is 2. The number of alkyl halides is 1. The van der Waals surface area contributed by atoms with Crippen molar-refractivity contribution in [1.29, 1.82) is 0 Å². The Balaban J connectivity index is 1.28. The van der Waals surface area contributed by atoms with Crippen LogP contribution in [0, 0.1) is 23.2 Å². The molecular formula is C37H52FNO4. The van der Waals surface area contributed by atoms with Crippen molar-refractivity contribution in [2.24, 2.45) is 23.2 Å². The molecule has 5 nitrogen and oxygen atoms in total. The second kappa shape index (κ2) is 14.0. The van der Waals surface area contributed by atoms with E-state index < -0.39 is 12.3 Å². The van der Waals surface area contributed by atoms with Crippen LogP contribution in [0.15, 0.2) is 42.5 Å². The van der Waals surface area contributed by atoms with Gasteiger partial charge in [0.25, 0.3) is 5.91 Å². The van der Waals surface area contributed by atoms with Crippen molar-refractivity contribution in [2.45, 2.75) is 110 Å². The first-order chi connectivity index (χ1) is 20.8. The Morgan fingerprint density at radius 1 is 1.02 bits per heavy atom. The van der Waals surface area contributed by atoms with E-state index in [0.29, 0.717) is 37.0 Å². The highest BCUT2D eigenvalue weighted by Gasteiger charge is 2.59. The molecule has 2 saturated carbocycles. The molecule has 0 saturated heterocycles. The summed E-state index contributed by atoms with van der Waals surface area (Å²) in [5.41, 5.74) is 2.47. The van der Waals surface area contributed by atoms with Gasteiger partial charge in [0.05, 0.1) is 12.7 Å². The lowest BCUT2D eigenvalue weighted by atomic mass is 9.51. The third-order valence-electron chi connectivity index (χ3n) is 11.0. The quantitative estimate of drug-likeness (QED) is 0.230. The molecule has 2 fully saturated rings. The minimum atomic E-state index is -0.990. The Labute approximate surface area is 257 Å². The van der Waals surface area contributed by atoms with E-state index in [4.69, 9.17) is 4.74 Å². The number of ether oxygens (including phenoxy) is 1. The summed E-state index contributed by atoms with van der Waals surface area (Å²) in [7, 11) is 0. The summed E-state index contributed by atoms with van der Waals surface area (Å²) in [5, 5.41) is 21.2. The number of carbonyl (C=O) groups is 1. The van der Waals surface area contributed by atoms with Gasteiger partial charge in [-0.25, -0.2) is 4.39 Å². The number of aromatic hydroxyl groups is 1. The number of nitrogens with zero attached hydrogens (tertiary/aromatic N) is 1. The molecule has 7 atom stereocenters. The average molecular weight is 594 g/mol. The molecule has 5 rings (SSSR count). The molecule has 3 aliphatic rings. The molecule has 43 heavy (non-hydrogen) atoms. The van der Waals surface area contributed by atoms with Gasteiger partial charge in [0.15, 0.2) is 0 Å². The van der Waals surface area contributed by atoms with Crippen LogP contribution in [0.1, 0.15) is 112 Å². The molecule has 0 unspecified atom stereocenters. The minimum absolute atomic E-state index is 0.0740. The molecule has 6 heteroatoms. The molecule has 0 aliphatic heterocycles. The highest BCUT2D eigenvalue weighted by molar-refractivity contribution is 5.94. The van der Waals surface area contributed by atoms with Crippen molar-refractivity contribution in [3.8, 4) is 11.5 Å². The largest absolute Gasteiger partial charge is 0.508 e. The first-order valence-electron chi connectivity index (χ1n) is 16.9. The number of unbranched alkanes of at least 4 members (excludes halogenated alkanes) is 4. The van der Waals surface area contributed by atoms with Gasteiger partial charge < -0.3 is 19.8 Å². The average Bonchev–Trinajstić information content (AvgIpc) is 3.29. The van der Waals surface area contributed by atoms with Gasteiger partial charge >= 0.3 is 0 Å². The first-order valence-corrected chi connectivity index (χ1v) is 16.9. The molecule has 3 aliphatic carbocycles. The fourth-order valence-corrected chi connectivity index (χ4v) is 8.83. The van der Waals surface area contributed by atoms with Crippen LogP contribution in [0.25, 0.3) is 0 Å². The standard InChI is InChI=1S/C37H52FNO4/c1-4-6-7-9-20-39(36(42)25-12-15-29(16-13-25)43-5-2)21-10-8-11-26-22-27-23-28(40)14-17-30(27)35-32(38)24-37(3)31(34(26)35)18-19-33(37)41/h12-17,23,26,31-35,40-41H,4-11,18-22,24H2,1-3H3/t26-,31+,32+,33+,34+,35+,37+/m1/s1. The van der Waals surface area contributed by atoms with Crippen molar-refractivity contribution in [1.82, 2.24) is 4.90 Å². The monoisotopic (exact) mass is 593 g/mol. The third-order valence-corrected chi connectivity index (χ3v) is 11.0. The number of carbonyl (C=O) groups excluding carboxylic acids is 1. The van der Waals surface area contributed by atoms with Crippen molar-refractivity contribution in [3.05, 3.63) is 59.2 Å². The number of hydrogen-bond donors (Lipinski definition) is 2. The highest BCUT2D eigenvalue weighted by atomic mass is 19.1. The van der Waals surface area contributed by atoms with E-state index in [1.165, 1.54) is 6.42 Å². The summed E-state index contributed by atoms with van der Waals surface area (Å²) in [6, 6.07) is 13.0. The Bertz CT molecular complexity index is 1220. The van der Waals surface area contributed by atoms with Gasteiger partial charge in [0.1, 0.15) is 17.7 Å². The van der Waals surface area contributed by atoms with E-state index in [9.17, 15) is 15.0 Å². The lowest BCUT2D eigenvalue weighted by Gasteiger charge is -2.54. The van der Waals surface area contributed by atoms with Crippen LogP contribution in [0.3, 0.4) is 0 Å². The van der Waals surface area contributed by atoms with Gasteiger partial charge in [0, 0.05) is 24.6 Å². The SMILES string of the molecule is CCCCCCN(CCCC[C@@H]1Cc2cc(O)ccc2[C@@H]2[C@@H]1[C@@H]1CC[C@H](O)[C@@]1(C)C[C@@H]2F)C(=O)c1ccc(OCC)cc1. The smallest absolute Gasteiger partial charge is 0.253 e. The van der Waals surface area contributed by atoms with Gasteiger partial charge in [-0.15, -0.1) is 0 Å². The van der Waals surface area contributed by atoms with E-state index in [1.54, 1.807) is 6.07 Å². The van der Waals surface area contributed by atoms with Gasteiger partial charge in [-0.1, -0.05) is 45.6 Å². The summed E-state index contributed by atoms with van der Waals surface area (Å²) < 4.78 is 21.7. The zero-order valence-electron chi connectivity index (χ0n) is 26.4. The molecule has 0 heterocycles. The minimum Gasteiger partial charge on any atom is -0.508 e. The molecular weight excluding hydrogens is 541 g/mol. The number of rotatable bonds is 13. The van der Waals surface area contributed by atoms with Gasteiger partial charge in [0.2, 0.25) is 0 Å². The van der Waals surface area contributed by atoms with Crippen LogP contribution in [0.4, 0.5) is 4.39 Å².